The van der Waals surface area contributed by atoms with Crippen LogP contribution in [0.5, 0.6) is 0 Å². The molecule has 4 heteroatoms. The summed E-state index contributed by atoms with van der Waals surface area (Å²) in [4.78, 5) is 0. The van der Waals surface area contributed by atoms with Crippen molar-refractivity contribution in [3.05, 3.63) is 23.2 Å². The van der Waals surface area contributed by atoms with E-state index in [-0.39, 0.29) is 10.1 Å². The summed E-state index contributed by atoms with van der Waals surface area (Å²) >= 11 is 9.69. The van der Waals surface area contributed by atoms with Gasteiger partial charge >= 0.3 is 0 Å². The minimum Gasteiger partial charge on any atom is -0.192 e. The van der Waals surface area contributed by atoms with Gasteiger partial charge in [-0.3, -0.25) is 0 Å². The summed E-state index contributed by atoms with van der Waals surface area (Å²) in [5, 5.41) is 15.5. The molecule has 0 amide bonds. The van der Waals surface area contributed by atoms with Crippen molar-refractivity contribution in [1.29, 1.82) is 10.5 Å². The lowest BCUT2D eigenvalue weighted by atomic mass is 10.4. The van der Waals surface area contributed by atoms with Crippen LogP contribution in [0, 0.1) is 22.7 Å². The Morgan fingerprint density at radius 2 is 1.30 bits per heavy atom. The summed E-state index contributed by atoms with van der Waals surface area (Å²) in [6, 6.07) is 3.12. The maximum Gasteiger partial charge on any atom is 0.122 e. The molecule has 2 nitrogen and oxygen atoms in total. The van der Waals surface area contributed by atoms with E-state index < -0.39 is 0 Å². The molecule has 0 saturated heterocycles. The molecule has 0 atom stereocenters. The Labute approximate surface area is 69.6 Å². The fourth-order valence-electron chi connectivity index (χ4n) is 0.0250. The second-order valence-corrected chi connectivity index (χ2v) is 2.15. The van der Waals surface area contributed by atoms with Gasteiger partial charge in [-0.05, 0) is 0 Å². The van der Waals surface area contributed by atoms with Crippen molar-refractivity contribution in [3.8, 4) is 12.1 Å². The summed E-state index contributed by atoms with van der Waals surface area (Å²) in [5.74, 6) is 0. The van der Waals surface area contributed by atoms with E-state index in [1.54, 1.807) is 12.1 Å². The van der Waals surface area contributed by atoms with Crippen molar-refractivity contribution in [2.45, 2.75) is 0 Å². The van der Waals surface area contributed by atoms with Gasteiger partial charge in [0.15, 0.2) is 0 Å². The molecule has 10 heavy (non-hydrogen) atoms. The molecule has 0 fully saturated rings. The zero-order valence-electron chi connectivity index (χ0n) is 5.06. The highest BCUT2D eigenvalue weighted by molar-refractivity contribution is 6.55. The van der Waals surface area contributed by atoms with Crippen LogP contribution in [0.2, 0.25) is 0 Å². The highest BCUT2D eigenvalue weighted by Crippen LogP contribution is 1.98. The number of allylic oxidation sites excluding steroid dienone is 1. The normalized spacial score (nSPS) is 5.60. The smallest absolute Gasteiger partial charge is 0.122 e. The van der Waals surface area contributed by atoms with E-state index in [1.807, 2.05) is 0 Å². The van der Waals surface area contributed by atoms with Crippen molar-refractivity contribution < 1.29 is 0 Å². The molecule has 52 valence electrons. The van der Waals surface area contributed by atoms with E-state index in [0.29, 0.717) is 0 Å². The van der Waals surface area contributed by atoms with Gasteiger partial charge in [0.2, 0.25) is 0 Å². The van der Waals surface area contributed by atoms with E-state index >= 15 is 0 Å². The fourth-order valence-corrected chi connectivity index (χ4v) is 0.0250. The van der Waals surface area contributed by atoms with Gasteiger partial charge in [0.1, 0.15) is 17.7 Å². The van der Waals surface area contributed by atoms with Crippen LogP contribution >= 0.6 is 23.2 Å². The molecular weight excluding hydrogens is 171 g/mol. The molecule has 0 aliphatic heterocycles. The molecule has 0 bridgehead atoms. The summed E-state index contributed by atoms with van der Waals surface area (Å²) in [6.45, 7) is 6.16. The maximum absolute atomic E-state index is 7.76. The van der Waals surface area contributed by atoms with Gasteiger partial charge in [0, 0.05) is 0 Å². The van der Waals surface area contributed by atoms with Gasteiger partial charge in [-0.2, -0.15) is 10.5 Å². The zero-order valence-corrected chi connectivity index (χ0v) is 6.58. The summed E-state index contributed by atoms with van der Waals surface area (Å²) in [7, 11) is 0. The fraction of sp³-hybridized carbons (Fsp3) is 0. The lowest BCUT2D eigenvalue weighted by molar-refractivity contribution is 1.47. The average molecular weight is 175 g/mol. The minimum absolute atomic E-state index is 0.0463. The molecule has 0 spiro atoms. The lowest BCUT2D eigenvalue weighted by Gasteiger charge is -1.58. The number of halogens is 2. The molecule has 0 aromatic heterocycles. The van der Waals surface area contributed by atoms with Crippen LogP contribution in [0.3, 0.4) is 0 Å². The van der Waals surface area contributed by atoms with Crippen molar-refractivity contribution >= 4 is 23.2 Å². The highest BCUT2D eigenvalue weighted by atomic mass is 35.5. The zero-order chi connectivity index (χ0) is 8.57. The molecule has 0 rings (SSSR count). The summed E-state index contributed by atoms with van der Waals surface area (Å²) in [5.41, 5.74) is -0.0463. The maximum atomic E-state index is 7.76. The van der Waals surface area contributed by atoms with Crippen LogP contribution in [0.15, 0.2) is 23.2 Å². The Morgan fingerprint density at radius 1 is 1.10 bits per heavy atom. The predicted octanol–water partition coefficient (Wildman–Crippen LogP) is 2.52. The summed E-state index contributed by atoms with van der Waals surface area (Å²) in [6.07, 6.45) is 0. The van der Waals surface area contributed by atoms with Crippen molar-refractivity contribution in [2.24, 2.45) is 0 Å². The van der Waals surface area contributed by atoms with Gasteiger partial charge in [-0.15, -0.1) is 0 Å². The average Bonchev–Trinajstić information content (AvgIpc) is 1.85. The van der Waals surface area contributed by atoms with Gasteiger partial charge in [-0.1, -0.05) is 36.4 Å². The van der Waals surface area contributed by atoms with Crippen molar-refractivity contribution in [1.82, 2.24) is 0 Å². The number of hydrogen-bond donors (Lipinski definition) is 0. The van der Waals surface area contributed by atoms with Crippen LogP contribution in [-0.2, 0) is 0 Å². The monoisotopic (exact) mass is 174 g/mol. The Kier molecular flexibility index (Phi) is 9.48. The first-order valence-corrected chi connectivity index (χ1v) is 2.79. The SMILES string of the molecule is C=C(C#N)C#N.C=C(Cl)Cl. The first-order valence-electron chi connectivity index (χ1n) is 2.03. The van der Waals surface area contributed by atoms with E-state index in [0.717, 1.165) is 0 Å². The second kappa shape index (κ2) is 8.04. The van der Waals surface area contributed by atoms with Crippen LogP contribution in [0.25, 0.3) is 0 Å². The Bertz CT molecular complexity index is 187. The van der Waals surface area contributed by atoms with E-state index in [2.05, 4.69) is 13.2 Å². The van der Waals surface area contributed by atoms with Gasteiger partial charge < -0.3 is 0 Å². The third-order valence-electron chi connectivity index (χ3n) is 0.270. The number of rotatable bonds is 0. The molecule has 0 aromatic carbocycles. The van der Waals surface area contributed by atoms with Crippen LogP contribution in [0.4, 0.5) is 0 Å². The van der Waals surface area contributed by atoms with Crippen LogP contribution < -0.4 is 0 Å². The Hall–Kier alpha value is -0.960. The molecule has 0 N–H and O–H groups in total. The number of nitriles is 2. The third-order valence-corrected chi connectivity index (χ3v) is 0.270. The molecule has 0 heterocycles. The number of hydrogen-bond acceptors (Lipinski definition) is 2. The van der Waals surface area contributed by atoms with Crippen molar-refractivity contribution in [2.75, 3.05) is 0 Å². The van der Waals surface area contributed by atoms with E-state index in [9.17, 15) is 0 Å². The summed E-state index contributed by atoms with van der Waals surface area (Å²) < 4.78 is 0.111. The topological polar surface area (TPSA) is 47.6 Å². The minimum atomic E-state index is -0.0463. The second-order valence-electron chi connectivity index (χ2n) is 1.04. The molecule has 0 saturated carbocycles. The van der Waals surface area contributed by atoms with Gasteiger partial charge in [0.25, 0.3) is 0 Å². The van der Waals surface area contributed by atoms with E-state index in [4.69, 9.17) is 33.7 Å². The Balaban J connectivity index is 0. The molecule has 0 unspecified atom stereocenters. The molecule has 0 aliphatic carbocycles. The molecule has 0 aliphatic rings. The predicted molar refractivity (Wildman–Crippen MR) is 41.2 cm³/mol. The van der Waals surface area contributed by atoms with Gasteiger partial charge in [0.05, 0.1) is 4.49 Å². The molecular formula is C6H4Cl2N2. The quantitative estimate of drug-likeness (QED) is 0.531. The first-order chi connectivity index (χ1) is 4.54. The van der Waals surface area contributed by atoms with Gasteiger partial charge in [-0.25, -0.2) is 0 Å². The highest BCUT2D eigenvalue weighted by Gasteiger charge is 1.76. The first kappa shape index (κ1) is 11.8. The number of nitrogens with zero attached hydrogens (tertiary/aromatic N) is 2. The van der Waals surface area contributed by atoms with Crippen LogP contribution in [-0.4, -0.2) is 0 Å². The largest absolute Gasteiger partial charge is 0.192 e. The molecule has 0 aromatic rings. The van der Waals surface area contributed by atoms with Crippen molar-refractivity contribution in [3.63, 3.8) is 0 Å². The lowest BCUT2D eigenvalue weighted by Crippen LogP contribution is -1.58. The van der Waals surface area contributed by atoms with Crippen LogP contribution in [0.1, 0.15) is 0 Å². The standard InChI is InChI=1S/C4H2N2.C2H2Cl2/c1-4(2-5)3-6;1-2(3)4/h1H2;1H2. The molecule has 0 radical (unpaired) electrons. The Morgan fingerprint density at radius 3 is 1.30 bits per heavy atom. The third kappa shape index (κ3) is 27.8. The van der Waals surface area contributed by atoms with E-state index in [1.165, 1.54) is 0 Å².